The lowest BCUT2D eigenvalue weighted by Gasteiger charge is -2.18. The predicted molar refractivity (Wildman–Crippen MR) is 116 cm³/mol. The van der Waals surface area contributed by atoms with Crippen LogP contribution < -0.4 is 10.6 Å². The van der Waals surface area contributed by atoms with Crippen LogP contribution in [0.2, 0.25) is 0 Å². The maximum Gasteiger partial charge on any atom is 0.522 e. The molecule has 36 heavy (non-hydrogen) atoms. The van der Waals surface area contributed by atoms with Gasteiger partial charge in [-0.05, 0) is 26.7 Å². The molecule has 3 aromatic heterocycles. The second-order valence-electron chi connectivity index (χ2n) is 8.48. The molecule has 0 aliphatic heterocycles. The van der Waals surface area contributed by atoms with Gasteiger partial charge in [-0.3, -0.25) is 14.2 Å². The Morgan fingerprint density at radius 2 is 2.11 bits per heavy atom. The third kappa shape index (κ3) is 5.82. The van der Waals surface area contributed by atoms with E-state index in [1.807, 2.05) is 6.07 Å². The molecule has 11 nitrogen and oxygen atoms in total. The summed E-state index contributed by atoms with van der Waals surface area (Å²) in [6.45, 7) is 2.71. The van der Waals surface area contributed by atoms with Crippen molar-refractivity contribution in [3.8, 4) is 6.07 Å². The van der Waals surface area contributed by atoms with Crippen LogP contribution >= 0.6 is 0 Å². The molecule has 0 unspecified atom stereocenters. The highest BCUT2D eigenvalue weighted by atomic mass is 19.4. The molecule has 3 heterocycles. The van der Waals surface area contributed by atoms with E-state index in [1.54, 1.807) is 19.9 Å². The summed E-state index contributed by atoms with van der Waals surface area (Å²) in [7, 11) is 0. The number of alkyl halides is 4. The number of carbonyl (C=O) groups excluding carboxylic acids is 1. The maximum atomic E-state index is 15.0. The molecule has 1 amide bonds. The number of fused-ring (bicyclic) bond motifs is 1. The number of nitrogens with zero attached hydrogens (tertiary/aromatic N) is 5. The molecule has 1 saturated carbocycles. The van der Waals surface area contributed by atoms with Crippen molar-refractivity contribution >= 4 is 23.5 Å². The first kappa shape index (κ1) is 25.2. The van der Waals surface area contributed by atoms with Crippen LogP contribution in [0.5, 0.6) is 0 Å². The van der Waals surface area contributed by atoms with E-state index in [9.17, 15) is 23.2 Å². The maximum absolute atomic E-state index is 15.0. The zero-order valence-corrected chi connectivity index (χ0v) is 19.1. The second-order valence-corrected chi connectivity index (χ2v) is 8.48. The number of aromatic amines is 1. The second kappa shape index (κ2) is 9.97. The molecule has 1 aliphatic carbocycles. The highest BCUT2D eigenvalue weighted by molar-refractivity contribution is 5.67. The number of hydrogen-bond donors (Lipinski definition) is 3. The summed E-state index contributed by atoms with van der Waals surface area (Å²) in [5.41, 5.74) is 0.556. The van der Waals surface area contributed by atoms with Gasteiger partial charge < -0.3 is 15.4 Å². The molecule has 192 valence electrons. The van der Waals surface area contributed by atoms with E-state index in [2.05, 4.69) is 35.5 Å². The molecule has 0 saturated heterocycles. The first-order valence-electron chi connectivity index (χ1n) is 11.0. The number of ether oxygens (including phenoxy) is 2. The molecule has 1 aliphatic rings. The van der Waals surface area contributed by atoms with Crippen molar-refractivity contribution in [2.75, 3.05) is 5.32 Å². The summed E-state index contributed by atoms with van der Waals surface area (Å²) in [6, 6.07) is 4.57. The molecule has 0 aromatic carbocycles. The third-order valence-corrected chi connectivity index (χ3v) is 5.41. The molecule has 3 atom stereocenters. The summed E-state index contributed by atoms with van der Waals surface area (Å²) in [5.74, 6) is -0.310. The normalized spacial score (nSPS) is 20.0. The monoisotopic (exact) mass is 510 g/mol. The minimum absolute atomic E-state index is 0.0334. The van der Waals surface area contributed by atoms with Crippen LogP contribution in [0.4, 0.5) is 34.1 Å². The number of carbonyl (C=O) groups is 1. The van der Waals surface area contributed by atoms with Crippen LogP contribution in [-0.4, -0.2) is 55.3 Å². The molecule has 0 radical (unpaired) electrons. The first-order chi connectivity index (χ1) is 17.0. The van der Waals surface area contributed by atoms with Crippen molar-refractivity contribution in [2.24, 2.45) is 0 Å². The lowest BCUT2D eigenvalue weighted by atomic mass is 10.0. The zero-order chi connectivity index (χ0) is 26.0. The first-order valence-corrected chi connectivity index (χ1v) is 11.0. The molecule has 3 aromatic rings. The molecule has 0 bridgehead atoms. The molecular weight excluding hydrogens is 488 g/mol. The Hall–Kier alpha value is -3.93. The van der Waals surface area contributed by atoms with E-state index in [1.165, 1.54) is 16.7 Å². The van der Waals surface area contributed by atoms with Gasteiger partial charge in [0, 0.05) is 36.0 Å². The molecule has 0 spiro atoms. The summed E-state index contributed by atoms with van der Waals surface area (Å²) in [4.78, 5) is 20.0. The average Bonchev–Trinajstić information content (AvgIpc) is 3.50. The quantitative estimate of drug-likeness (QED) is 0.407. The van der Waals surface area contributed by atoms with Crippen molar-refractivity contribution in [3.05, 3.63) is 35.4 Å². The Morgan fingerprint density at radius 1 is 1.33 bits per heavy atom. The standard InChI is InChI=1S/C21H22F4N8O3/c1-10(2)27-20(34)36-15-4-3-13(18(15)22)14-6-16(32-31-14)30-19-29-11(7-26)5-17-28-12(8-33(17)19)9-35-21(23,24)25/h5-6,8,10,13,15,18H,3-4,9H2,1-2H3,(H,27,34)(H2,29,30,31,32)/t13-,15-,18-/m1/s1. The molecule has 4 rings (SSSR count). The summed E-state index contributed by atoms with van der Waals surface area (Å²) >= 11 is 0. The minimum atomic E-state index is -4.82. The largest absolute Gasteiger partial charge is 0.522 e. The van der Waals surface area contributed by atoms with Gasteiger partial charge in [0.15, 0.2) is 5.82 Å². The fourth-order valence-electron chi connectivity index (χ4n) is 3.89. The van der Waals surface area contributed by atoms with Crippen molar-refractivity contribution in [2.45, 2.75) is 63.9 Å². The molecule has 1 fully saturated rings. The van der Waals surface area contributed by atoms with Gasteiger partial charge in [0.05, 0.1) is 12.3 Å². The number of nitriles is 1. The van der Waals surface area contributed by atoms with E-state index in [0.717, 1.165) is 0 Å². The Labute approximate surface area is 201 Å². The number of rotatable bonds is 7. The van der Waals surface area contributed by atoms with E-state index in [-0.39, 0.29) is 34.8 Å². The number of hydrogen-bond acceptors (Lipinski definition) is 8. The van der Waals surface area contributed by atoms with Gasteiger partial charge >= 0.3 is 12.5 Å². The number of H-pyrrole nitrogens is 1. The summed E-state index contributed by atoms with van der Waals surface area (Å²) in [5, 5.41) is 21.5. The predicted octanol–water partition coefficient (Wildman–Crippen LogP) is 3.82. The fraction of sp³-hybridized carbons (Fsp3) is 0.476. The van der Waals surface area contributed by atoms with Crippen LogP contribution in [0.25, 0.3) is 5.65 Å². The smallest absolute Gasteiger partial charge is 0.443 e. The number of halogens is 4. The number of nitrogens with one attached hydrogen (secondary N) is 3. The Morgan fingerprint density at radius 3 is 2.81 bits per heavy atom. The minimum Gasteiger partial charge on any atom is -0.443 e. The van der Waals surface area contributed by atoms with E-state index >= 15 is 4.39 Å². The van der Waals surface area contributed by atoms with Gasteiger partial charge in [-0.1, -0.05) is 0 Å². The lowest BCUT2D eigenvalue weighted by molar-refractivity contribution is -0.330. The van der Waals surface area contributed by atoms with E-state index in [0.29, 0.717) is 18.5 Å². The summed E-state index contributed by atoms with van der Waals surface area (Å²) < 4.78 is 62.5. The van der Waals surface area contributed by atoms with Gasteiger partial charge in [0.2, 0.25) is 5.95 Å². The zero-order valence-electron chi connectivity index (χ0n) is 19.1. The van der Waals surface area contributed by atoms with Gasteiger partial charge in [0.1, 0.15) is 29.7 Å². The third-order valence-electron chi connectivity index (χ3n) is 5.41. The molecular formula is C21H22F4N8O3. The molecule has 3 N–H and O–H groups in total. The highest BCUT2D eigenvalue weighted by Crippen LogP contribution is 2.38. The Balaban J connectivity index is 1.49. The Bertz CT molecular complexity index is 1280. The van der Waals surface area contributed by atoms with Gasteiger partial charge in [-0.15, -0.1) is 13.2 Å². The van der Waals surface area contributed by atoms with Crippen LogP contribution in [0.1, 0.15) is 49.7 Å². The van der Waals surface area contributed by atoms with Gasteiger partial charge in [-0.25, -0.2) is 19.2 Å². The average molecular weight is 510 g/mol. The summed E-state index contributed by atoms with van der Waals surface area (Å²) in [6.07, 6.45) is -5.82. The number of anilines is 2. The van der Waals surface area contributed by atoms with Crippen LogP contribution in [0.15, 0.2) is 18.3 Å². The van der Waals surface area contributed by atoms with Crippen LogP contribution in [-0.2, 0) is 16.1 Å². The fourth-order valence-corrected chi connectivity index (χ4v) is 3.89. The van der Waals surface area contributed by atoms with Crippen LogP contribution in [0, 0.1) is 11.3 Å². The SMILES string of the molecule is CC(C)NC(=O)O[C@@H]1CC[C@H](c2cc(Nc3nc(C#N)cc4nc(COC(F)(F)F)cn34)n[nH]2)[C@H]1F. The van der Waals surface area contributed by atoms with Crippen molar-refractivity contribution < 1.29 is 31.8 Å². The van der Waals surface area contributed by atoms with Crippen molar-refractivity contribution in [3.63, 3.8) is 0 Å². The van der Waals surface area contributed by atoms with E-state index < -0.39 is 37.3 Å². The number of imidazole rings is 1. The van der Waals surface area contributed by atoms with Crippen molar-refractivity contribution in [1.29, 1.82) is 5.26 Å². The van der Waals surface area contributed by atoms with Crippen molar-refractivity contribution in [1.82, 2.24) is 29.9 Å². The number of aromatic nitrogens is 5. The van der Waals surface area contributed by atoms with E-state index in [4.69, 9.17) is 4.74 Å². The number of amides is 1. The lowest BCUT2D eigenvalue weighted by Crippen LogP contribution is -2.36. The topological polar surface area (TPSA) is 142 Å². The number of alkyl carbamates (subject to hydrolysis) is 1. The van der Waals surface area contributed by atoms with Crippen LogP contribution in [0.3, 0.4) is 0 Å². The van der Waals surface area contributed by atoms with Gasteiger partial charge in [-0.2, -0.15) is 10.4 Å². The van der Waals surface area contributed by atoms with Gasteiger partial charge in [0.25, 0.3) is 0 Å². The Kier molecular flexibility index (Phi) is 6.97. The molecule has 15 heteroatoms. The highest BCUT2D eigenvalue weighted by Gasteiger charge is 2.41.